The van der Waals surface area contributed by atoms with Gasteiger partial charge in [0.1, 0.15) is 6.26 Å². The van der Waals surface area contributed by atoms with Gasteiger partial charge in [-0.2, -0.15) is 0 Å². The Morgan fingerprint density at radius 1 is 1.33 bits per heavy atom. The summed E-state index contributed by atoms with van der Waals surface area (Å²) in [4.78, 5) is 22.8. The van der Waals surface area contributed by atoms with Crippen molar-refractivity contribution in [2.75, 3.05) is 11.9 Å². The van der Waals surface area contributed by atoms with Crippen molar-refractivity contribution in [3.05, 3.63) is 63.7 Å². The molecule has 1 aromatic heterocycles. The van der Waals surface area contributed by atoms with Gasteiger partial charge in [0, 0.05) is 17.3 Å². The van der Waals surface area contributed by atoms with E-state index in [1.165, 1.54) is 12.1 Å². The molecular weight excluding hydrogens is 268 g/mol. The van der Waals surface area contributed by atoms with Crippen molar-refractivity contribution in [2.45, 2.75) is 6.92 Å². The van der Waals surface area contributed by atoms with Crippen LogP contribution in [0, 0.1) is 18.8 Å². The number of anilines is 1. The zero-order chi connectivity index (χ0) is 15.2. The number of benzene rings is 1. The zero-order valence-electron chi connectivity index (χ0n) is 11.5. The highest BCUT2D eigenvalue weighted by atomic mass is 16.4. The molecule has 0 aliphatic heterocycles. The van der Waals surface area contributed by atoms with Crippen LogP contribution in [0.25, 0.3) is 0 Å². The molecule has 21 heavy (non-hydrogen) atoms. The maximum absolute atomic E-state index is 12.0. The predicted octanol–water partition coefficient (Wildman–Crippen LogP) is 1.51. The SMILES string of the molecule is Cc1cc(NC(=O)c2ccc(=O)oc2)ccc1C#CCN. The fraction of sp³-hybridized carbons (Fsp3) is 0.125. The van der Waals surface area contributed by atoms with Crippen molar-refractivity contribution in [3.8, 4) is 11.8 Å². The molecule has 0 radical (unpaired) electrons. The second-order valence-electron chi connectivity index (χ2n) is 4.33. The van der Waals surface area contributed by atoms with E-state index in [0.29, 0.717) is 12.2 Å². The van der Waals surface area contributed by atoms with Gasteiger partial charge in [-0.1, -0.05) is 11.8 Å². The van der Waals surface area contributed by atoms with Gasteiger partial charge >= 0.3 is 5.63 Å². The topological polar surface area (TPSA) is 85.3 Å². The molecule has 0 fully saturated rings. The number of carbonyl (C=O) groups is 1. The molecule has 0 saturated carbocycles. The van der Waals surface area contributed by atoms with Crippen molar-refractivity contribution in [3.63, 3.8) is 0 Å². The van der Waals surface area contributed by atoms with Crippen LogP contribution in [-0.2, 0) is 0 Å². The van der Waals surface area contributed by atoms with Crippen LogP contribution in [0.2, 0.25) is 0 Å². The van der Waals surface area contributed by atoms with Gasteiger partial charge in [-0.05, 0) is 36.8 Å². The molecule has 1 heterocycles. The van der Waals surface area contributed by atoms with Crippen molar-refractivity contribution < 1.29 is 9.21 Å². The summed E-state index contributed by atoms with van der Waals surface area (Å²) in [5.41, 5.74) is 7.56. The van der Waals surface area contributed by atoms with E-state index in [0.717, 1.165) is 17.4 Å². The third kappa shape index (κ3) is 3.81. The minimum absolute atomic E-state index is 0.277. The van der Waals surface area contributed by atoms with E-state index in [2.05, 4.69) is 21.6 Å². The smallest absolute Gasteiger partial charge is 0.335 e. The second-order valence-corrected chi connectivity index (χ2v) is 4.33. The van der Waals surface area contributed by atoms with E-state index in [4.69, 9.17) is 5.73 Å². The van der Waals surface area contributed by atoms with Crippen molar-refractivity contribution in [2.24, 2.45) is 5.73 Å². The molecule has 0 unspecified atom stereocenters. The lowest BCUT2D eigenvalue weighted by Gasteiger charge is -2.06. The minimum atomic E-state index is -0.495. The number of amides is 1. The number of hydrogen-bond donors (Lipinski definition) is 2. The summed E-state index contributed by atoms with van der Waals surface area (Å²) in [6.07, 6.45) is 1.13. The van der Waals surface area contributed by atoms with Crippen LogP contribution in [0.3, 0.4) is 0 Å². The molecule has 5 nitrogen and oxygen atoms in total. The standard InChI is InChI=1S/C16H14N2O3/c1-11-9-14(6-4-12(11)3-2-8-17)18-16(20)13-5-7-15(19)21-10-13/h4-7,9-10H,8,17H2,1H3,(H,18,20). The van der Waals surface area contributed by atoms with Crippen LogP contribution < -0.4 is 16.7 Å². The summed E-state index contributed by atoms with van der Waals surface area (Å²) in [7, 11) is 0. The molecule has 5 heteroatoms. The van der Waals surface area contributed by atoms with Crippen LogP contribution >= 0.6 is 0 Å². The molecule has 2 rings (SSSR count). The summed E-state index contributed by atoms with van der Waals surface area (Å²) in [5, 5.41) is 2.73. The number of aryl methyl sites for hydroxylation is 1. The van der Waals surface area contributed by atoms with E-state index in [1.807, 2.05) is 19.1 Å². The molecule has 0 saturated heterocycles. The van der Waals surface area contributed by atoms with Gasteiger partial charge in [0.05, 0.1) is 12.1 Å². The first-order valence-corrected chi connectivity index (χ1v) is 6.30. The summed E-state index contributed by atoms with van der Waals surface area (Å²) in [6, 6.07) is 8.00. The quantitative estimate of drug-likeness (QED) is 0.818. The highest BCUT2D eigenvalue weighted by Gasteiger charge is 2.07. The summed E-state index contributed by atoms with van der Waals surface area (Å²) < 4.78 is 4.66. The second kappa shape index (κ2) is 6.55. The van der Waals surface area contributed by atoms with E-state index in [1.54, 1.807) is 6.07 Å². The largest absolute Gasteiger partial charge is 0.430 e. The lowest BCUT2D eigenvalue weighted by Crippen LogP contribution is -2.13. The molecule has 0 bridgehead atoms. The molecule has 0 aliphatic rings. The molecular formula is C16H14N2O3. The number of nitrogens with two attached hydrogens (primary N) is 1. The first-order valence-electron chi connectivity index (χ1n) is 6.30. The number of rotatable bonds is 2. The fourth-order valence-electron chi connectivity index (χ4n) is 1.72. The van der Waals surface area contributed by atoms with Crippen molar-refractivity contribution in [1.29, 1.82) is 0 Å². The minimum Gasteiger partial charge on any atom is -0.430 e. The summed E-state index contributed by atoms with van der Waals surface area (Å²) >= 11 is 0. The number of carbonyl (C=O) groups excluding carboxylic acids is 1. The third-order valence-electron chi connectivity index (χ3n) is 2.77. The van der Waals surface area contributed by atoms with Crippen LogP contribution in [-0.4, -0.2) is 12.5 Å². The van der Waals surface area contributed by atoms with Crippen molar-refractivity contribution >= 4 is 11.6 Å². The Balaban J connectivity index is 2.16. The first kappa shape index (κ1) is 14.6. The molecule has 0 spiro atoms. The van der Waals surface area contributed by atoms with Gasteiger partial charge in [-0.3, -0.25) is 4.79 Å². The van der Waals surface area contributed by atoms with Gasteiger partial charge in [0.15, 0.2) is 0 Å². The maximum Gasteiger partial charge on any atom is 0.335 e. The molecule has 1 amide bonds. The normalized spacial score (nSPS) is 9.62. The first-order chi connectivity index (χ1) is 10.1. The Hall–Kier alpha value is -2.84. The maximum atomic E-state index is 12.0. The Labute approximate surface area is 121 Å². The number of nitrogens with one attached hydrogen (secondary N) is 1. The third-order valence-corrected chi connectivity index (χ3v) is 2.77. The fourth-order valence-corrected chi connectivity index (χ4v) is 1.72. The van der Waals surface area contributed by atoms with Gasteiger partial charge in [0.25, 0.3) is 5.91 Å². The van der Waals surface area contributed by atoms with Crippen LogP contribution in [0.5, 0.6) is 0 Å². The molecule has 3 N–H and O–H groups in total. The Morgan fingerprint density at radius 2 is 2.14 bits per heavy atom. The van der Waals surface area contributed by atoms with Gasteiger partial charge in [-0.25, -0.2) is 4.79 Å². The molecule has 106 valence electrons. The van der Waals surface area contributed by atoms with Crippen LogP contribution in [0.1, 0.15) is 21.5 Å². The Morgan fingerprint density at radius 3 is 2.76 bits per heavy atom. The van der Waals surface area contributed by atoms with Gasteiger partial charge in [-0.15, -0.1) is 0 Å². The Kier molecular flexibility index (Phi) is 4.54. The summed E-state index contributed by atoms with van der Waals surface area (Å²) in [5.74, 6) is 5.39. The predicted molar refractivity (Wildman–Crippen MR) is 80.0 cm³/mol. The van der Waals surface area contributed by atoms with Crippen molar-refractivity contribution in [1.82, 2.24) is 0 Å². The average Bonchev–Trinajstić information content (AvgIpc) is 2.47. The van der Waals surface area contributed by atoms with E-state index in [9.17, 15) is 9.59 Å². The van der Waals surface area contributed by atoms with Crippen LogP contribution in [0.15, 0.2) is 45.8 Å². The van der Waals surface area contributed by atoms with Gasteiger partial charge < -0.3 is 15.5 Å². The van der Waals surface area contributed by atoms with E-state index < -0.39 is 5.63 Å². The highest BCUT2D eigenvalue weighted by molar-refractivity contribution is 6.03. The van der Waals surface area contributed by atoms with E-state index in [-0.39, 0.29) is 11.5 Å². The summed E-state index contributed by atoms with van der Waals surface area (Å²) in [6.45, 7) is 2.20. The number of hydrogen-bond acceptors (Lipinski definition) is 4. The lowest BCUT2D eigenvalue weighted by molar-refractivity contribution is 0.102. The average molecular weight is 282 g/mol. The molecule has 1 aromatic carbocycles. The van der Waals surface area contributed by atoms with Crippen LogP contribution in [0.4, 0.5) is 5.69 Å². The molecule has 2 aromatic rings. The zero-order valence-corrected chi connectivity index (χ0v) is 11.5. The van der Waals surface area contributed by atoms with E-state index >= 15 is 0 Å². The lowest BCUT2D eigenvalue weighted by atomic mass is 10.1. The molecule has 0 atom stereocenters. The Bertz CT molecular complexity index is 762. The van der Waals surface area contributed by atoms with Gasteiger partial charge in [0.2, 0.25) is 0 Å². The monoisotopic (exact) mass is 282 g/mol. The highest BCUT2D eigenvalue weighted by Crippen LogP contribution is 2.15. The molecule has 0 aliphatic carbocycles.